The summed E-state index contributed by atoms with van der Waals surface area (Å²) in [6.07, 6.45) is 3.04. The second kappa shape index (κ2) is 14.7. The van der Waals surface area contributed by atoms with Crippen LogP contribution in [0, 0.1) is 5.92 Å². The Morgan fingerprint density at radius 2 is 1.55 bits per heavy atom. The van der Waals surface area contributed by atoms with E-state index in [4.69, 9.17) is 9.90 Å². The van der Waals surface area contributed by atoms with Crippen molar-refractivity contribution in [3.63, 3.8) is 0 Å². The number of aliphatic carboxylic acids is 1. The summed E-state index contributed by atoms with van der Waals surface area (Å²) in [4.78, 5) is 25.4. The van der Waals surface area contributed by atoms with Crippen LogP contribution in [0.15, 0.2) is 47.4 Å². The van der Waals surface area contributed by atoms with Gasteiger partial charge in [0.1, 0.15) is 0 Å². The van der Waals surface area contributed by atoms with Gasteiger partial charge in [-0.05, 0) is 100.0 Å². The van der Waals surface area contributed by atoms with Gasteiger partial charge in [0.25, 0.3) is 10.0 Å². The van der Waals surface area contributed by atoms with E-state index in [0.29, 0.717) is 11.6 Å². The average Bonchev–Trinajstić information content (AvgIpc) is 2.96. The fourth-order valence-corrected chi connectivity index (χ4v) is 6.21. The van der Waals surface area contributed by atoms with E-state index < -0.39 is 28.1 Å². The van der Waals surface area contributed by atoms with E-state index >= 15 is 0 Å². The van der Waals surface area contributed by atoms with Gasteiger partial charge in [-0.1, -0.05) is 25.5 Å². The first-order valence-electron chi connectivity index (χ1n) is 14.1. The molecule has 2 aliphatic heterocycles. The molecule has 2 aliphatic rings. The molecule has 0 saturated carbocycles. The van der Waals surface area contributed by atoms with Gasteiger partial charge in [-0.2, -0.15) is 13.2 Å². The van der Waals surface area contributed by atoms with Crippen molar-refractivity contribution in [3.05, 3.63) is 53.6 Å². The Labute approximate surface area is 244 Å². The van der Waals surface area contributed by atoms with E-state index in [0.717, 1.165) is 43.6 Å². The number of nitrogens with one attached hydrogen (secondary N) is 1. The molecule has 0 amide bonds. The number of aromatic carboxylic acids is 1. The minimum atomic E-state index is -5.08. The molecule has 2 saturated heterocycles. The van der Waals surface area contributed by atoms with Crippen molar-refractivity contribution in [1.82, 2.24) is 4.90 Å². The minimum absolute atomic E-state index is 0.0594. The lowest BCUT2D eigenvalue weighted by atomic mass is 9.92. The van der Waals surface area contributed by atoms with Gasteiger partial charge in [-0.25, -0.2) is 18.0 Å². The minimum Gasteiger partial charge on any atom is -0.478 e. The molecule has 0 unspecified atom stereocenters. The van der Waals surface area contributed by atoms with Gasteiger partial charge in [-0.3, -0.25) is 4.72 Å². The lowest BCUT2D eigenvalue weighted by Crippen LogP contribution is -2.36. The Hall–Kier alpha value is -3.32. The summed E-state index contributed by atoms with van der Waals surface area (Å²) in [6.45, 7) is 7.29. The van der Waals surface area contributed by atoms with E-state index in [1.54, 1.807) is 36.4 Å². The van der Waals surface area contributed by atoms with E-state index in [2.05, 4.69) is 14.5 Å². The summed E-state index contributed by atoms with van der Waals surface area (Å²) >= 11 is 0. The number of piperidine rings is 2. The molecule has 0 bridgehead atoms. The van der Waals surface area contributed by atoms with Crippen LogP contribution in [0.4, 0.5) is 24.5 Å². The number of aryl methyl sites for hydroxylation is 1. The van der Waals surface area contributed by atoms with Gasteiger partial charge in [-0.15, -0.1) is 0 Å². The maximum Gasteiger partial charge on any atom is 0.490 e. The number of rotatable bonds is 9. The molecule has 3 N–H and O–H groups in total. The van der Waals surface area contributed by atoms with Crippen molar-refractivity contribution in [2.45, 2.75) is 62.9 Å². The SMILES string of the molecule is CCc1ccc(S(=O)(=O)Nc2cc(C(=O)O)ccc2N2CCC(CCN3CCCCC3)CC2)cc1.O=C(O)C(F)(F)F. The fraction of sp³-hybridized carbons (Fsp3) is 0.517. The number of benzene rings is 2. The highest BCUT2D eigenvalue weighted by Gasteiger charge is 2.38. The van der Waals surface area contributed by atoms with Gasteiger partial charge in [0.15, 0.2) is 0 Å². The monoisotopic (exact) mass is 613 g/mol. The van der Waals surface area contributed by atoms with Gasteiger partial charge in [0.2, 0.25) is 0 Å². The van der Waals surface area contributed by atoms with Gasteiger partial charge < -0.3 is 20.0 Å². The number of carbonyl (C=O) groups is 2. The van der Waals surface area contributed by atoms with E-state index in [-0.39, 0.29) is 10.5 Å². The molecule has 2 fully saturated rings. The number of hydrogen-bond donors (Lipinski definition) is 3. The van der Waals surface area contributed by atoms with Crippen LogP contribution in [0.25, 0.3) is 0 Å². The number of halogens is 3. The lowest BCUT2D eigenvalue weighted by molar-refractivity contribution is -0.192. The van der Waals surface area contributed by atoms with Crippen molar-refractivity contribution in [1.29, 1.82) is 0 Å². The molecule has 0 radical (unpaired) electrons. The maximum absolute atomic E-state index is 13.1. The molecule has 0 aromatic heterocycles. The van der Waals surface area contributed by atoms with Gasteiger partial charge in [0.05, 0.1) is 21.8 Å². The third-order valence-corrected chi connectivity index (χ3v) is 9.01. The molecular weight excluding hydrogens is 575 g/mol. The van der Waals surface area contributed by atoms with Gasteiger partial charge in [0, 0.05) is 13.1 Å². The second-order valence-corrected chi connectivity index (χ2v) is 12.2. The lowest BCUT2D eigenvalue weighted by Gasteiger charge is -2.36. The normalized spacial score (nSPS) is 16.8. The standard InChI is InChI=1S/C27H37N3O4S.C2HF3O2/c1-2-21-6-9-24(10-7-21)35(33,34)28-25-20-23(27(31)32)8-11-26(25)30-18-13-22(14-19-30)12-17-29-15-4-3-5-16-29;3-2(4,5)1(6)7/h6-11,20,22,28H,2-5,12-19H2,1H3,(H,31,32);(H,6,7). The van der Waals surface area contributed by atoms with Gasteiger partial charge >= 0.3 is 18.1 Å². The van der Waals surface area contributed by atoms with E-state index in [1.165, 1.54) is 51.4 Å². The number of anilines is 2. The molecule has 4 rings (SSSR count). The first-order chi connectivity index (χ1) is 19.8. The predicted octanol–water partition coefficient (Wildman–Crippen LogP) is 5.47. The quantitative estimate of drug-likeness (QED) is 0.340. The van der Waals surface area contributed by atoms with Crippen LogP contribution >= 0.6 is 0 Å². The highest BCUT2D eigenvalue weighted by atomic mass is 32.2. The zero-order valence-corrected chi connectivity index (χ0v) is 24.4. The summed E-state index contributed by atoms with van der Waals surface area (Å²) in [7, 11) is -3.85. The van der Waals surface area contributed by atoms with Crippen molar-refractivity contribution in [3.8, 4) is 0 Å². The number of likely N-dealkylation sites (tertiary alicyclic amines) is 1. The first kappa shape index (κ1) is 33.2. The smallest absolute Gasteiger partial charge is 0.478 e. The molecule has 2 aromatic rings. The summed E-state index contributed by atoms with van der Waals surface area (Å²) < 4.78 is 60.7. The number of hydrogen-bond acceptors (Lipinski definition) is 6. The number of nitrogens with zero attached hydrogens (tertiary/aromatic N) is 2. The van der Waals surface area contributed by atoms with Crippen molar-refractivity contribution >= 4 is 33.3 Å². The molecule has 0 spiro atoms. The van der Waals surface area contributed by atoms with Crippen LogP contribution in [0.1, 0.15) is 61.4 Å². The van der Waals surface area contributed by atoms with Crippen LogP contribution < -0.4 is 9.62 Å². The summed E-state index contributed by atoms with van der Waals surface area (Å²) in [5.74, 6) is -3.17. The second-order valence-electron chi connectivity index (χ2n) is 10.6. The van der Waals surface area contributed by atoms with Crippen molar-refractivity contribution in [2.75, 3.05) is 42.3 Å². The number of alkyl halides is 3. The highest BCUT2D eigenvalue weighted by molar-refractivity contribution is 7.92. The Balaban J connectivity index is 0.000000616. The molecule has 42 heavy (non-hydrogen) atoms. The Kier molecular flexibility index (Phi) is 11.6. The molecule has 2 heterocycles. The van der Waals surface area contributed by atoms with Crippen molar-refractivity contribution < 1.29 is 41.4 Å². The van der Waals surface area contributed by atoms with Crippen molar-refractivity contribution in [2.24, 2.45) is 5.92 Å². The summed E-state index contributed by atoms with van der Waals surface area (Å²) in [5, 5.41) is 16.6. The number of sulfonamides is 1. The molecule has 2 aromatic carbocycles. The van der Waals surface area contributed by atoms with Crippen LogP contribution in [0.3, 0.4) is 0 Å². The largest absolute Gasteiger partial charge is 0.490 e. The van der Waals surface area contributed by atoms with Crippen LogP contribution in [0.5, 0.6) is 0 Å². The molecule has 0 aliphatic carbocycles. The van der Waals surface area contributed by atoms with E-state index in [9.17, 15) is 31.5 Å². The van der Waals surface area contributed by atoms with Crippen LogP contribution in [0.2, 0.25) is 0 Å². The predicted molar refractivity (Wildman–Crippen MR) is 154 cm³/mol. The van der Waals surface area contributed by atoms with Crippen LogP contribution in [-0.2, 0) is 21.2 Å². The summed E-state index contributed by atoms with van der Waals surface area (Å²) in [6, 6.07) is 11.5. The zero-order chi connectivity index (χ0) is 30.9. The Morgan fingerprint density at radius 3 is 2.07 bits per heavy atom. The molecule has 13 heteroatoms. The topological polar surface area (TPSA) is 127 Å². The molecule has 0 atom stereocenters. The summed E-state index contributed by atoms with van der Waals surface area (Å²) in [5.41, 5.74) is 2.17. The fourth-order valence-electron chi connectivity index (χ4n) is 5.15. The Morgan fingerprint density at radius 1 is 0.952 bits per heavy atom. The van der Waals surface area contributed by atoms with E-state index in [1.807, 2.05) is 6.92 Å². The molecule has 9 nitrogen and oxygen atoms in total. The third-order valence-electron chi connectivity index (χ3n) is 7.63. The average molecular weight is 614 g/mol. The number of carboxylic acid groups (broad SMARTS) is 2. The molecular formula is C29H38F3N3O6S. The van der Waals surface area contributed by atoms with Crippen LogP contribution in [-0.4, -0.2) is 74.4 Å². The molecule has 232 valence electrons. The third kappa shape index (κ3) is 9.62. The maximum atomic E-state index is 13.1. The Bertz CT molecular complexity index is 1300. The highest BCUT2D eigenvalue weighted by Crippen LogP contribution is 2.33. The number of carboxylic acids is 2. The zero-order valence-electron chi connectivity index (χ0n) is 23.6. The first-order valence-corrected chi connectivity index (χ1v) is 15.5.